The summed E-state index contributed by atoms with van der Waals surface area (Å²) in [6.07, 6.45) is -68.1. The largest absolute Gasteiger partial charge is 1.00 e. The fourth-order valence-corrected chi connectivity index (χ4v) is 5.07. The summed E-state index contributed by atoms with van der Waals surface area (Å²) in [6, 6.07) is 0. The summed E-state index contributed by atoms with van der Waals surface area (Å²) >= 11 is 0. The standard InChI is InChI=1S/C24H16BF36.Na.H/c26-9(27,13(34,35)17(42,43)21(50,51)52)1-5-25(6-2-10(28,29)14(36,37)18(44,45)22(53,54)55,7-3-11(30,31)15(38,39)19(46,47)23(56,57)58)8-4-12(32,33)16(40,41)20(48,49)24(59,60)61;;/h1-8H2;;/q-1;+1;-1. The van der Waals surface area contributed by atoms with Gasteiger partial charge in [0.25, 0.3) is 0 Å². The Morgan fingerprint density at radius 1 is 0.210 bits per heavy atom. The minimum atomic E-state index is -8.14. The van der Waals surface area contributed by atoms with E-state index in [1.54, 1.807) is 0 Å². The fourth-order valence-electron chi connectivity index (χ4n) is 5.07. The molecule has 0 bridgehead atoms. The molecule has 0 heterocycles. The van der Waals surface area contributed by atoms with Crippen molar-refractivity contribution in [1.82, 2.24) is 0 Å². The molecule has 0 nitrogen and oxygen atoms in total. The Balaban J connectivity index is -0.0000180. The number of halogens is 36. The first kappa shape index (κ1) is 62.6. The molecule has 38 heteroatoms. The molecular formula is C24H17BF36Na-. The maximum Gasteiger partial charge on any atom is 1.00 e. The van der Waals surface area contributed by atoms with Crippen molar-refractivity contribution in [3.8, 4) is 0 Å². The van der Waals surface area contributed by atoms with E-state index >= 15 is 0 Å². The first-order valence-corrected chi connectivity index (χ1v) is 14.9. The van der Waals surface area contributed by atoms with E-state index in [9.17, 15) is 158 Å². The molecule has 0 aliphatic heterocycles. The van der Waals surface area contributed by atoms with Crippen molar-refractivity contribution in [2.75, 3.05) is 0 Å². The van der Waals surface area contributed by atoms with E-state index in [1.165, 1.54) is 0 Å². The smallest absolute Gasteiger partial charge is 1.00 e. The van der Waals surface area contributed by atoms with E-state index in [0.29, 0.717) is 0 Å². The summed E-state index contributed by atoms with van der Waals surface area (Å²) < 4.78 is 484. The Labute approximate surface area is 342 Å². The van der Waals surface area contributed by atoms with Gasteiger partial charge in [-0.25, -0.2) is 0 Å². The third-order valence-electron chi connectivity index (χ3n) is 9.12. The van der Waals surface area contributed by atoms with Crippen LogP contribution in [0.25, 0.3) is 0 Å². The van der Waals surface area contributed by atoms with Gasteiger partial charge in [-0.3, -0.25) is 0 Å². The molecule has 0 aromatic rings. The van der Waals surface area contributed by atoms with Gasteiger partial charge in [-0.1, -0.05) is 0 Å². The Bertz CT molecular complexity index is 1260. The molecule has 62 heavy (non-hydrogen) atoms. The third-order valence-corrected chi connectivity index (χ3v) is 9.12. The van der Waals surface area contributed by atoms with Crippen LogP contribution in [0.3, 0.4) is 0 Å². The summed E-state index contributed by atoms with van der Waals surface area (Å²) in [5, 5.41) is 0. The maximum atomic E-state index is 14.4. The van der Waals surface area contributed by atoms with Crippen molar-refractivity contribution in [2.45, 2.75) is 147 Å². The predicted octanol–water partition coefficient (Wildman–Crippen LogP) is 12.0. The van der Waals surface area contributed by atoms with Crippen molar-refractivity contribution < 1.29 is 189 Å². The first-order valence-electron chi connectivity index (χ1n) is 14.9. The van der Waals surface area contributed by atoms with Crippen molar-refractivity contribution in [2.24, 2.45) is 0 Å². The van der Waals surface area contributed by atoms with Crippen LogP contribution in [0.5, 0.6) is 0 Å². The topological polar surface area (TPSA) is 0 Å². The Kier molecular flexibility index (Phi) is 17.5. The first-order chi connectivity index (χ1) is 25.8. The Hall–Kier alpha value is -1.46. The van der Waals surface area contributed by atoms with Gasteiger partial charge in [-0.2, -0.15) is 183 Å². The minimum absolute atomic E-state index is 0. The molecule has 0 saturated carbocycles. The molecule has 0 fully saturated rings. The molecule has 370 valence electrons. The van der Waals surface area contributed by atoms with E-state index in [0.717, 1.165) is 0 Å². The average Bonchev–Trinajstić information content (AvgIpc) is 3.01. The van der Waals surface area contributed by atoms with Gasteiger partial charge >= 0.3 is 125 Å². The van der Waals surface area contributed by atoms with Gasteiger partial charge in [-0.05, 0) is 25.7 Å². The average molecular weight is 1020 g/mol. The van der Waals surface area contributed by atoms with Crippen LogP contribution in [0, 0.1) is 0 Å². The SMILES string of the molecule is FC(F)(F)C(F)(F)C(F)(F)C(F)(F)CC[B-](CCC(F)(F)C(F)(F)C(F)(F)C(F)(F)F)(CCC(F)(F)C(F)(F)C(F)(F)C(F)(F)F)CCC(F)(F)C(F)(F)C(F)(F)C(F)(F)F.[H-].[Na+]. The zero-order valence-corrected chi connectivity index (χ0v) is 30.8. The van der Waals surface area contributed by atoms with E-state index in [4.69, 9.17) is 0 Å². The Morgan fingerprint density at radius 2 is 0.323 bits per heavy atom. The van der Waals surface area contributed by atoms with Gasteiger partial charge in [0.1, 0.15) is 0 Å². The second-order valence-electron chi connectivity index (χ2n) is 13.3. The van der Waals surface area contributed by atoms with Gasteiger partial charge in [-0.15, -0.1) is 0 Å². The molecule has 0 rings (SSSR count). The maximum absolute atomic E-state index is 14.4. The van der Waals surface area contributed by atoms with Gasteiger partial charge in [0.15, 0.2) is 0 Å². The zero-order valence-electron chi connectivity index (χ0n) is 29.8. The van der Waals surface area contributed by atoms with Crippen LogP contribution in [0.4, 0.5) is 158 Å². The zero-order chi connectivity index (χ0) is 50.2. The van der Waals surface area contributed by atoms with Gasteiger partial charge in [0.05, 0.1) is 0 Å². The van der Waals surface area contributed by atoms with Crippen LogP contribution in [-0.4, -0.2) is 102 Å². The monoisotopic (exact) mass is 1020 g/mol. The summed E-state index contributed by atoms with van der Waals surface area (Å²) in [6.45, 7) is 0. The van der Waals surface area contributed by atoms with Gasteiger partial charge in [0.2, 0.25) is 0 Å². The molecule has 0 aliphatic rings. The molecule has 0 aromatic carbocycles. The normalized spacial score (nSPS) is 16.5. The molecule has 0 aromatic heterocycles. The van der Waals surface area contributed by atoms with Gasteiger partial charge in [0, 0.05) is 6.15 Å². The van der Waals surface area contributed by atoms with Crippen molar-refractivity contribution in [3.05, 3.63) is 0 Å². The van der Waals surface area contributed by atoms with Crippen LogP contribution in [0.15, 0.2) is 0 Å². The fraction of sp³-hybridized carbons (Fsp3) is 1.00. The van der Waals surface area contributed by atoms with E-state index in [1.807, 2.05) is 0 Å². The second kappa shape index (κ2) is 17.3. The number of hydrogen-bond donors (Lipinski definition) is 0. The predicted molar refractivity (Wildman–Crippen MR) is 128 cm³/mol. The van der Waals surface area contributed by atoms with Crippen LogP contribution in [0.2, 0.25) is 25.3 Å². The molecule has 0 amide bonds. The number of alkyl halides is 36. The summed E-state index contributed by atoms with van der Waals surface area (Å²) in [4.78, 5) is 0. The van der Waals surface area contributed by atoms with Crippen LogP contribution < -0.4 is 29.6 Å². The van der Waals surface area contributed by atoms with E-state index < -0.39 is 153 Å². The summed E-state index contributed by atoms with van der Waals surface area (Å²) in [5.74, 6) is -94.8. The molecule has 0 radical (unpaired) electrons. The molecule has 0 unspecified atom stereocenters. The van der Waals surface area contributed by atoms with Crippen molar-refractivity contribution in [3.63, 3.8) is 0 Å². The third kappa shape index (κ3) is 10.7. The molecule has 0 spiro atoms. The Morgan fingerprint density at radius 3 is 0.419 bits per heavy atom. The number of hydrogen-bond acceptors (Lipinski definition) is 0. The molecule has 0 N–H and O–H groups in total. The second-order valence-corrected chi connectivity index (χ2v) is 13.3. The number of rotatable bonds is 20. The minimum Gasteiger partial charge on any atom is -1.00 e. The molecule has 0 aliphatic carbocycles. The van der Waals surface area contributed by atoms with Crippen LogP contribution in [0.1, 0.15) is 27.1 Å². The van der Waals surface area contributed by atoms with Crippen molar-refractivity contribution >= 4 is 6.15 Å². The molecular weight excluding hydrogens is 1010 g/mol. The quantitative estimate of drug-likeness (QED) is 0.0842. The summed E-state index contributed by atoms with van der Waals surface area (Å²) in [7, 11) is 0. The van der Waals surface area contributed by atoms with Crippen LogP contribution >= 0.6 is 0 Å². The van der Waals surface area contributed by atoms with E-state index in [2.05, 4.69) is 0 Å². The van der Waals surface area contributed by atoms with Crippen LogP contribution in [-0.2, 0) is 0 Å². The summed E-state index contributed by atoms with van der Waals surface area (Å²) in [5.41, 5.74) is 0. The van der Waals surface area contributed by atoms with Gasteiger partial charge < -0.3 is 1.43 Å². The molecule has 0 saturated heterocycles. The van der Waals surface area contributed by atoms with Crippen molar-refractivity contribution in [1.29, 1.82) is 0 Å². The van der Waals surface area contributed by atoms with E-state index in [-0.39, 0.29) is 31.0 Å². The molecule has 0 atom stereocenters.